The minimum absolute atomic E-state index is 0.168. The molecule has 0 amide bonds. The van der Waals surface area contributed by atoms with Crippen LogP contribution < -0.4 is 0 Å². The number of halogens is 2. The molecule has 0 spiro atoms. The first-order chi connectivity index (χ1) is 8.50. The Morgan fingerprint density at radius 2 is 1.94 bits per heavy atom. The smallest absolute Gasteiger partial charge is 0.335 e. The molecule has 2 aromatic carbocycles. The summed E-state index contributed by atoms with van der Waals surface area (Å²) in [6.07, 6.45) is 0. The average Bonchev–Trinajstić information content (AvgIpc) is 2.30. The van der Waals surface area contributed by atoms with Crippen molar-refractivity contribution in [2.24, 2.45) is 0 Å². The molecule has 2 aromatic rings. The van der Waals surface area contributed by atoms with Gasteiger partial charge in [0.2, 0.25) is 0 Å². The molecule has 0 aliphatic heterocycles. The molecule has 0 unspecified atom stereocenters. The Hall–Kier alpha value is -1.87. The molecule has 18 heavy (non-hydrogen) atoms. The van der Waals surface area contributed by atoms with Crippen LogP contribution in [0, 0.1) is 12.7 Å². The number of benzene rings is 2. The minimum Gasteiger partial charge on any atom is -0.478 e. The fraction of sp³-hybridized carbons (Fsp3) is 0.0714. The molecular weight excluding hydrogens is 255 g/mol. The molecule has 0 heterocycles. The maximum Gasteiger partial charge on any atom is 0.335 e. The standard InChI is InChI=1S/C14H10ClFO2/c1-8-10(3-2-4-11(8)14(17)18)12-6-5-9(15)7-13(12)16/h2-7H,1H3,(H,17,18). The van der Waals surface area contributed by atoms with Crippen molar-refractivity contribution in [3.63, 3.8) is 0 Å². The first-order valence-electron chi connectivity index (χ1n) is 5.29. The van der Waals surface area contributed by atoms with Crippen LogP contribution in [0.25, 0.3) is 11.1 Å². The summed E-state index contributed by atoms with van der Waals surface area (Å²) >= 11 is 5.69. The third-order valence-electron chi connectivity index (χ3n) is 2.79. The van der Waals surface area contributed by atoms with Gasteiger partial charge in [0, 0.05) is 10.6 Å². The van der Waals surface area contributed by atoms with E-state index in [1.807, 2.05) is 0 Å². The van der Waals surface area contributed by atoms with Gasteiger partial charge in [0.25, 0.3) is 0 Å². The highest BCUT2D eigenvalue weighted by Gasteiger charge is 2.13. The van der Waals surface area contributed by atoms with E-state index >= 15 is 0 Å². The van der Waals surface area contributed by atoms with Crippen LogP contribution in [0.2, 0.25) is 5.02 Å². The highest BCUT2D eigenvalue weighted by Crippen LogP contribution is 2.29. The Balaban J connectivity index is 2.64. The maximum absolute atomic E-state index is 13.8. The zero-order valence-electron chi connectivity index (χ0n) is 9.58. The summed E-state index contributed by atoms with van der Waals surface area (Å²) in [5, 5.41) is 9.34. The second kappa shape index (κ2) is 4.78. The van der Waals surface area contributed by atoms with Crippen molar-refractivity contribution in [2.45, 2.75) is 6.92 Å². The second-order valence-corrected chi connectivity index (χ2v) is 4.34. The highest BCUT2D eigenvalue weighted by atomic mass is 35.5. The molecule has 92 valence electrons. The van der Waals surface area contributed by atoms with Crippen LogP contribution in [0.5, 0.6) is 0 Å². The Bertz CT molecular complexity index is 623. The topological polar surface area (TPSA) is 37.3 Å². The van der Waals surface area contributed by atoms with Gasteiger partial charge in [-0.1, -0.05) is 23.7 Å². The lowest BCUT2D eigenvalue weighted by atomic mass is 9.96. The van der Waals surface area contributed by atoms with Gasteiger partial charge in [0.05, 0.1) is 5.56 Å². The summed E-state index contributed by atoms with van der Waals surface area (Å²) < 4.78 is 13.8. The second-order valence-electron chi connectivity index (χ2n) is 3.91. The van der Waals surface area contributed by atoms with Crippen LogP contribution in [0.1, 0.15) is 15.9 Å². The fourth-order valence-corrected chi connectivity index (χ4v) is 2.03. The van der Waals surface area contributed by atoms with E-state index in [1.165, 1.54) is 12.1 Å². The van der Waals surface area contributed by atoms with E-state index in [4.69, 9.17) is 16.7 Å². The first-order valence-corrected chi connectivity index (χ1v) is 5.67. The summed E-state index contributed by atoms with van der Waals surface area (Å²) in [5.74, 6) is -1.49. The molecule has 2 rings (SSSR count). The van der Waals surface area contributed by atoms with E-state index < -0.39 is 11.8 Å². The quantitative estimate of drug-likeness (QED) is 0.885. The lowest BCUT2D eigenvalue weighted by Gasteiger charge is -2.10. The number of rotatable bonds is 2. The van der Waals surface area contributed by atoms with Gasteiger partial charge in [-0.05, 0) is 42.3 Å². The van der Waals surface area contributed by atoms with Gasteiger partial charge in [-0.25, -0.2) is 9.18 Å². The zero-order chi connectivity index (χ0) is 13.3. The molecule has 0 aliphatic carbocycles. The number of carbonyl (C=O) groups is 1. The Labute approximate surface area is 109 Å². The normalized spacial score (nSPS) is 10.4. The van der Waals surface area contributed by atoms with Crippen molar-refractivity contribution in [1.82, 2.24) is 0 Å². The van der Waals surface area contributed by atoms with Gasteiger partial charge in [-0.3, -0.25) is 0 Å². The summed E-state index contributed by atoms with van der Waals surface area (Å²) in [4.78, 5) is 11.0. The number of carboxylic acid groups (broad SMARTS) is 1. The van der Waals surface area contributed by atoms with Gasteiger partial charge in [0.1, 0.15) is 5.82 Å². The van der Waals surface area contributed by atoms with E-state index in [9.17, 15) is 9.18 Å². The molecule has 0 saturated heterocycles. The van der Waals surface area contributed by atoms with Crippen molar-refractivity contribution in [2.75, 3.05) is 0 Å². The number of hydrogen-bond donors (Lipinski definition) is 1. The predicted molar refractivity (Wildman–Crippen MR) is 68.5 cm³/mol. The van der Waals surface area contributed by atoms with Crippen molar-refractivity contribution >= 4 is 17.6 Å². The van der Waals surface area contributed by atoms with Crippen LogP contribution in [-0.2, 0) is 0 Å². The molecule has 0 atom stereocenters. The lowest BCUT2D eigenvalue weighted by Crippen LogP contribution is -2.01. The van der Waals surface area contributed by atoms with E-state index in [0.717, 1.165) is 0 Å². The molecule has 0 aliphatic rings. The summed E-state index contributed by atoms with van der Waals surface area (Å²) in [7, 11) is 0. The van der Waals surface area contributed by atoms with Crippen molar-refractivity contribution in [1.29, 1.82) is 0 Å². The monoisotopic (exact) mass is 264 g/mol. The van der Waals surface area contributed by atoms with Gasteiger partial charge in [-0.15, -0.1) is 0 Å². The molecule has 0 radical (unpaired) electrons. The Morgan fingerprint density at radius 1 is 1.22 bits per heavy atom. The van der Waals surface area contributed by atoms with Crippen LogP contribution in [0.3, 0.4) is 0 Å². The molecule has 1 N–H and O–H groups in total. The summed E-state index contributed by atoms with van der Waals surface area (Å²) in [6, 6.07) is 9.12. The SMILES string of the molecule is Cc1c(C(=O)O)cccc1-c1ccc(Cl)cc1F. The minimum atomic E-state index is -1.02. The average molecular weight is 265 g/mol. The van der Waals surface area contributed by atoms with E-state index in [2.05, 4.69) is 0 Å². The Morgan fingerprint density at radius 3 is 2.56 bits per heavy atom. The number of carboxylic acids is 1. The van der Waals surface area contributed by atoms with Gasteiger partial charge in [0.15, 0.2) is 0 Å². The number of aromatic carboxylic acids is 1. The predicted octanol–water partition coefficient (Wildman–Crippen LogP) is 4.15. The Kier molecular flexibility index (Phi) is 3.34. The third kappa shape index (κ3) is 2.22. The molecule has 2 nitrogen and oxygen atoms in total. The molecule has 0 bridgehead atoms. The van der Waals surface area contributed by atoms with Crippen molar-refractivity contribution in [3.8, 4) is 11.1 Å². The summed E-state index contributed by atoms with van der Waals surface area (Å²) in [5.41, 5.74) is 1.61. The summed E-state index contributed by atoms with van der Waals surface area (Å²) in [6.45, 7) is 1.66. The molecule has 0 fully saturated rings. The first kappa shape index (κ1) is 12.6. The maximum atomic E-state index is 13.8. The van der Waals surface area contributed by atoms with Crippen LogP contribution >= 0.6 is 11.6 Å². The van der Waals surface area contributed by atoms with Crippen LogP contribution in [-0.4, -0.2) is 11.1 Å². The van der Waals surface area contributed by atoms with Gasteiger partial charge < -0.3 is 5.11 Å². The van der Waals surface area contributed by atoms with E-state index in [1.54, 1.807) is 31.2 Å². The molecular formula is C14H10ClFO2. The molecule has 4 heteroatoms. The number of hydrogen-bond acceptors (Lipinski definition) is 1. The third-order valence-corrected chi connectivity index (χ3v) is 3.02. The van der Waals surface area contributed by atoms with Gasteiger partial charge in [-0.2, -0.15) is 0 Å². The molecule has 0 aromatic heterocycles. The van der Waals surface area contributed by atoms with Crippen molar-refractivity contribution in [3.05, 3.63) is 58.4 Å². The van der Waals surface area contributed by atoms with Crippen LogP contribution in [0.15, 0.2) is 36.4 Å². The molecule has 0 saturated carbocycles. The fourth-order valence-electron chi connectivity index (χ4n) is 1.87. The van der Waals surface area contributed by atoms with Gasteiger partial charge >= 0.3 is 5.97 Å². The van der Waals surface area contributed by atoms with E-state index in [0.29, 0.717) is 21.7 Å². The zero-order valence-corrected chi connectivity index (χ0v) is 10.3. The van der Waals surface area contributed by atoms with E-state index in [-0.39, 0.29) is 5.56 Å². The highest BCUT2D eigenvalue weighted by molar-refractivity contribution is 6.30. The van der Waals surface area contributed by atoms with Crippen molar-refractivity contribution < 1.29 is 14.3 Å². The van der Waals surface area contributed by atoms with Crippen LogP contribution in [0.4, 0.5) is 4.39 Å². The lowest BCUT2D eigenvalue weighted by molar-refractivity contribution is 0.0696. The largest absolute Gasteiger partial charge is 0.478 e.